The Kier molecular flexibility index (Phi) is 5.44. The zero-order valence-corrected chi connectivity index (χ0v) is 16.7. The van der Waals surface area contributed by atoms with Crippen molar-refractivity contribution < 1.29 is 4.74 Å². The fourth-order valence-corrected chi connectivity index (χ4v) is 3.90. The maximum Gasteiger partial charge on any atom is 0.196 e. The Morgan fingerprint density at radius 2 is 1.54 bits per heavy atom. The summed E-state index contributed by atoms with van der Waals surface area (Å²) >= 11 is 1.65. The van der Waals surface area contributed by atoms with Gasteiger partial charge in [-0.2, -0.15) is 0 Å². The molecule has 0 fully saturated rings. The highest BCUT2D eigenvalue weighted by Crippen LogP contribution is 2.31. The Morgan fingerprint density at radius 1 is 0.821 bits per heavy atom. The number of aromatic nitrogens is 3. The summed E-state index contributed by atoms with van der Waals surface area (Å²) in [5.41, 5.74) is 3.42. The Balaban J connectivity index is 1.55. The van der Waals surface area contributed by atoms with Gasteiger partial charge in [0.15, 0.2) is 5.16 Å². The fourth-order valence-electron chi connectivity index (χ4n) is 2.91. The molecule has 4 rings (SSSR count). The number of thioether (sulfide) groups is 1. The Labute approximate surface area is 169 Å². The van der Waals surface area contributed by atoms with E-state index in [9.17, 15) is 0 Å². The molecule has 0 aliphatic carbocycles. The van der Waals surface area contributed by atoms with Crippen molar-refractivity contribution in [2.24, 2.45) is 0 Å². The Morgan fingerprint density at radius 3 is 2.32 bits per heavy atom. The van der Waals surface area contributed by atoms with Crippen molar-refractivity contribution in [3.63, 3.8) is 0 Å². The topological polar surface area (TPSA) is 39.9 Å². The van der Waals surface area contributed by atoms with Gasteiger partial charge >= 0.3 is 0 Å². The molecule has 0 aliphatic heterocycles. The number of rotatable bonds is 6. The lowest BCUT2D eigenvalue weighted by Crippen LogP contribution is -1.99. The van der Waals surface area contributed by atoms with Crippen molar-refractivity contribution in [1.82, 2.24) is 14.8 Å². The van der Waals surface area contributed by atoms with Crippen molar-refractivity contribution >= 4 is 11.8 Å². The molecule has 1 aromatic heterocycles. The zero-order chi connectivity index (χ0) is 19.3. The first-order valence-corrected chi connectivity index (χ1v) is 10.1. The first-order valence-electron chi connectivity index (χ1n) is 9.13. The average Bonchev–Trinajstić information content (AvgIpc) is 3.09. The third-order valence-electron chi connectivity index (χ3n) is 4.39. The van der Waals surface area contributed by atoms with Gasteiger partial charge in [-0.3, -0.25) is 4.57 Å². The summed E-state index contributed by atoms with van der Waals surface area (Å²) in [4.78, 5) is 0. The quantitative estimate of drug-likeness (QED) is 0.382. The van der Waals surface area contributed by atoms with E-state index in [0.29, 0.717) is 0 Å². The number of hydrogen-bond acceptors (Lipinski definition) is 4. The molecule has 1 heterocycles. The van der Waals surface area contributed by atoms with Crippen molar-refractivity contribution in [1.29, 1.82) is 0 Å². The summed E-state index contributed by atoms with van der Waals surface area (Å²) in [5.74, 6) is 3.31. The molecular formula is C23H21N3OS. The smallest absolute Gasteiger partial charge is 0.196 e. The van der Waals surface area contributed by atoms with Crippen LogP contribution in [-0.2, 0) is 5.75 Å². The van der Waals surface area contributed by atoms with Crippen LogP contribution in [-0.4, -0.2) is 14.8 Å². The van der Waals surface area contributed by atoms with Crippen LogP contribution in [0.1, 0.15) is 17.0 Å². The highest BCUT2D eigenvalue weighted by atomic mass is 32.2. The lowest BCUT2D eigenvalue weighted by Gasteiger charge is -2.12. The molecule has 0 saturated carbocycles. The highest BCUT2D eigenvalue weighted by Gasteiger charge is 2.13. The third-order valence-corrected chi connectivity index (χ3v) is 5.37. The second-order valence-corrected chi connectivity index (χ2v) is 7.45. The lowest BCUT2D eigenvalue weighted by atomic mass is 10.2. The van der Waals surface area contributed by atoms with Crippen molar-refractivity contribution in [2.75, 3.05) is 0 Å². The summed E-state index contributed by atoms with van der Waals surface area (Å²) in [7, 11) is 0. The zero-order valence-electron chi connectivity index (χ0n) is 15.9. The number of ether oxygens (including phenoxy) is 1. The minimum atomic E-state index is 0.743. The molecule has 28 heavy (non-hydrogen) atoms. The van der Waals surface area contributed by atoms with Crippen LogP contribution in [0.2, 0.25) is 0 Å². The van der Waals surface area contributed by atoms with E-state index in [1.807, 2.05) is 55.5 Å². The van der Waals surface area contributed by atoms with Gasteiger partial charge in [0, 0.05) is 17.0 Å². The SMILES string of the molecule is Cc1ccc(-n2c(C)nnc2SCc2ccccc2Oc2ccccc2)cc1. The molecule has 4 nitrogen and oxygen atoms in total. The van der Waals surface area contributed by atoms with Gasteiger partial charge in [0.2, 0.25) is 0 Å². The molecule has 5 heteroatoms. The van der Waals surface area contributed by atoms with Crippen LogP contribution in [0.25, 0.3) is 5.69 Å². The van der Waals surface area contributed by atoms with Crippen LogP contribution in [0, 0.1) is 13.8 Å². The van der Waals surface area contributed by atoms with Gasteiger partial charge in [0.1, 0.15) is 17.3 Å². The van der Waals surface area contributed by atoms with E-state index in [1.165, 1.54) is 5.56 Å². The lowest BCUT2D eigenvalue weighted by molar-refractivity contribution is 0.478. The average molecular weight is 388 g/mol. The van der Waals surface area contributed by atoms with Crippen LogP contribution < -0.4 is 4.74 Å². The summed E-state index contributed by atoms with van der Waals surface area (Å²) < 4.78 is 8.16. The van der Waals surface area contributed by atoms with Crippen LogP contribution in [0.4, 0.5) is 0 Å². The molecule has 3 aromatic carbocycles. The van der Waals surface area contributed by atoms with E-state index in [-0.39, 0.29) is 0 Å². The first kappa shape index (κ1) is 18.3. The van der Waals surface area contributed by atoms with E-state index < -0.39 is 0 Å². The van der Waals surface area contributed by atoms with Gasteiger partial charge in [-0.15, -0.1) is 10.2 Å². The van der Waals surface area contributed by atoms with Gasteiger partial charge < -0.3 is 4.74 Å². The minimum absolute atomic E-state index is 0.743. The Hall–Kier alpha value is -3.05. The Bertz CT molecular complexity index is 1060. The van der Waals surface area contributed by atoms with E-state index in [2.05, 4.69) is 52.0 Å². The van der Waals surface area contributed by atoms with Gasteiger partial charge in [-0.1, -0.05) is 65.9 Å². The first-order chi connectivity index (χ1) is 13.7. The van der Waals surface area contributed by atoms with Crippen LogP contribution in [0.3, 0.4) is 0 Å². The van der Waals surface area contributed by atoms with Crippen LogP contribution in [0.15, 0.2) is 84.0 Å². The standard InChI is InChI=1S/C23H21N3OS/c1-17-12-14-20(15-13-17)26-18(2)24-25-23(26)28-16-19-8-6-7-11-22(19)27-21-9-4-3-5-10-21/h3-15H,16H2,1-2H3. The second-order valence-electron chi connectivity index (χ2n) is 6.51. The highest BCUT2D eigenvalue weighted by molar-refractivity contribution is 7.98. The number of aryl methyl sites for hydroxylation is 2. The molecule has 0 aliphatic rings. The molecule has 140 valence electrons. The van der Waals surface area contributed by atoms with Gasteiger partial charge in [-0.05, 0) is 44.2 Å². The molecule has 0 atom stereocenters. The minimum Gasteiger partial charge on any atom is -0.457 e. The number of benzene rings is 3. The van der Waals surface area contributed by atoms with Crippen molar-refractivity contribution in [3.8, 4) is 17.2 Å². The van der Waals surface area contributed by atoms with Gasteiger partial charge in [0.05, 0.1) is 0 Å². The van der Waals surface area contributed by atoms with Gasteiger partial charge in [-0.25, -0.2) is 0 Å². The molecule has 0 bridgehead atoms. The summed E-state index contributed by atoms with van der Waals surface area (Å²) in [5, 5.41) is 9.53. The molecular weight excluding hydrogens is 366 g/mol. The number of nitrogens with zero attached hydrogens (tertiary/aromatic N) is 3. The molecule has 4 aromatic rings. The van der Waals surface area contributed by atoms with Gasteiger partial charge in [0.25, 0.3) is 0 Å². The molecule has 0 spiro atoms. The maximum atomic E-state index is 6.08. The normalized spacial score (nSPS) is 10.8. The largest absolute Gasteiger partial charge is 0.457 e. The van der Waals surface area contributed by atoms with Crippen molar-refractivity contribution in [3.05, 3.63) is 95.8 Å². The van der Waals surface area contributed by atoms with E-state index in [0.717, 1.165) is 39.5 Å². The summed E-state index contributed by atoms with van der Waals surface area (Å²) in [6.45, 7) is 4.06. The predicted molar refractivity (Wildman–Crippen MR) is 113 cm³/mol. The predicted octanol–water partition coefficient (Wildman–Crippen LogP) is 5.97. The van der Waals surface area contributed by atoms with E-state index >= 15 is 0 Å². The molecule has 0 N–H and O–H groups in total. The van der Waals surface area contributed by atoms with Crippen molar-refractivity contribution in [2.45, 2.75) is 24.8 Å². The summed E-state index contributed by atoms with van der Waals surface area (Å²) in [6, 6.07) is 26.4. The molecule has 0 radical (unpaired) electrons. The molecule has 0 unspecified atom stereocenters. The molecule has 0 amide bonds. The van der Waals surface area contributed by atoms with E-state index in [4.69, 9.17) is 4.74 Å². The third kappa shape index (κ3) is 4.10. The second kappa shape index (κ2) is 8.31. The fraction of sp³-hybridized carbons (Fsp3) is 0.130. The van der Waals surface area contributed by atoms with Crippen LogP contribution in [0.5, 0.6) is 11.5 Å². The number of para-hydroxylation sites is 2. The monoisotopic (exact) mass is 387 g/mol. The van der Waals surface area contributed by atoms with Crippen LogP contribution >= 0.6 is 11.8 Å². The number of hydrogen-bond donors (Lipinski definition) is 0. The maximum absolute atomic E-state index is 6.08. The molecule has 0 saturated heterocycles. The summed E-state index contributed by atoms with van der Waals surface area (Å²) in [6.07, 6.45) is 0. The van der Waals surface area contributed by atoms with E-state index in [1.54, 1.807) is 11.8 Å².